The minimum atomic E-state index is -0.406. The number of fused-ring (bicyclic) bond motifs is 2. The van der Waals surface area contributed by atoms with Gasteiger partial charge in [0.1, 0.15) is 17.3 Å². The highest BCUT2D eigenvalue weighted by Gasteiger charge is 2.50. The van der Waals surface area contributed by atoms with E-state index in [1.54, 1.807) is 0 Å². The highest BCUT2D eigenvalue weighted by molar-refractivity contribution is 5.94. The number of aliphatic hydroxyl groups excluding tert-OH is 1. The van der Waals surface area contributed by atoms with Crippen molar-refractivity contribution >= 4 is 23.7 Å². The van der Waals surface area contributed by atoms with Crippen LogP contribution in [0.25, 0.3) is 11.5 Å². The molecule has 3 heterocycles. The second-order valence-electron chi connectivity index (χ2n) is 9.32. The second-order valence-corrected chi connectivity index (χ2v) is 9.32. The van der Waals surface area contributed by atoms with Gasteiger partial charge in [0.25, 0.3) is 0 Å². The molecule has 4 aliphatic rings. The van der Waals surface area contributed by atoms with Crippen LogP contribution in [-0.4, -0.2) is 79.5 Å². The van der Waals surface area contributed by atoms with Crippen LogP contribution in [0.3, 0.4) is 0 Å². The monoisotopic (exact) mass is 463 g/mol. The maximum Gasteiger partial charge on any atom is 0.337 e. The van der Waals surface area contributed by atoms with Gasteiger partial charge in [-0.3, -0.25) is 9.89 Å². The van der Waals surface area contributed by atoms with Crippen molar-refractivity contribution in [2.24, 2.45) is 16.8 Å². The van der Waals surface area contributed by atoms with Crippen LogP contribution in [0, 0.1) is 11.8 Å². The molecule has 3 aliphatic heterocycles. The summed E-state index contributed by atoms with van der Waals surface area (Å²) in [6.45, 7) is 9.54. The van der Waals surface area contributed by atoms with Crippen LogP contribution in [-0.2, 0) is 14.3 Å². The maximum atomic E-state index is 13.0. The maximum absolute atomic E-state index is 13.0. The number of dihydropyridines is 1. The zero-order valence-corrected chi connectivity index (χ0v) is 20.2. The van der Waals surface area contributed by atoms with Gasteiger partial charge in [-0.05, 0) is 31.5 Å². The molecule has 34 heavy (non-hydrogen) atoms. The Bertz CT molecular complexity index is 1190. The molecule has 5 rings (SSSR count). The Labute approximate surface area is 200 Å². The minimum Gasteiger partial charge on any atom is -0.511 e. The number of piperazine rings is 1. The standard InChI is InChI=1S/C27H33N3O4/c1-4-29-13-15-30(16-14-29)24(18-9-11-28-12-10-18)23-22-21(27(32)33-3)17(2)34-26(22)20-8-6-5-7-19(20)25(23)31/h5-9,11,22-24,31H,4,10,12-16H2,1-3H3. The lowest BCUT2D eigenvalue weighted by Crippen LogP contribution is -2.56. The topological polar surface area (TPSA) is 74.6 Å². The third-order valence-electron chi connectivity index (χ3n) is 7.68. The predicted molar refractivity (Wildman–Crippen MR) is 131 cm³/mol. The average molecular weight is 464 g/mol. The Morgan fingerprint density at radius 3 is 2.62 bits per heavy atom. The van der Waals surface area contributed by atoms with Gasteiger partial charge in [0.2, 0.25) is 0 Å². The number of hydrogen-bond donors (Lipinski definition) is 1. The number of aliphatic hydroxyl groups is 1. The van der Waals surface area contributed by atoms with Crippen LogP contribution < -0.4 is 10.4 Å². The van der Waals surface area contributed by atoms with Crippen molar-refractivity contribution in [1.82, 2.24) is 9.80 Å². The van der Waals surface area contributed by atoms with Gasteiger partial charge in [-0.25, -0.2) is 4.79 Å². The summed E-state index contributed by atoms with van der Waals surface area (Å²) in [5.41, 5.74) is 1.75. The number of esters is 1. The molecule has 1 aliphatic carbocycles. The fourth-order valence-corrected chi connectivity index (χ4v) is 5.97. The third-order valence-corrected chi connectivity index (χ3v) is 7.68. The van der Waals surface area contributed by atoms with Gasteiger partial charge in [-0.15, -0.1) is 0 Å². The van der Waals surface area contributed by atoms with Crippen LogP contribution >= 0.6 is 0 Å². The molecule has 1 aromatic rings. The lowest BCUT2D eigenvalue weighted by molar-refractivity contribution is -0.136. The third kappa shape index (κ3) is 3.77. The van der Waals surface area contributed by atoms with Crippen LogP contribution in [0.1, 0.15) is 20.3 Å². The lowest BCUT2D eigenvalue weighted by atomic mass is 9.72. The van der Waals surface area contributed by atoms with E-state index in [-0.39, 0.29) is 12.0 Å². The number of aliphatic imine (C=N–C) groups is 1. The van der Waals surface area contributed by atoms with Crippen molar-refractivity contribution in [2.45, 2.75) is 26.3 Å². The fraction of sp³-hybridized carbons (Fsp3) is 0.481. The van der Waals surface area contributed by atoms with E-state index in [1.807, 2.05) is 37.4 Å². The molecule has 0 saturated carbocycles. The first-order valence-corrected chi connectivity index (χ1v) is 12.2. The van der Waals surface area contributed by atoms with Crippen molar-refractivity contribution in [3.63, 3.8) is 0 Å². The van der Waals surface area contributed by atoms with Crippen LogP contribution in [0.4, 0.5) is 0 Å². The number of rotatable bonds is 5. The summed E-state index contributed by atoms with van der Waals surface area (Å²) < 4.78 is 11.5. The zero-order chi connectivity index (χ0) is 23.8. The summed E-state index contributed by atoms with van der Waals surface area (Å²) in [4.78, 5) is 22.3. The number of likely N-dealkylation sites (N-methyl/N-ethyl adjacent to an activating group) is 1. The number of ether oxygens (including phenoxy) is 2. The molecule has 3 unspecified atom stereocenters. The number of benzene rings is 1. The Hall–Kier alpha value is -2.90. The lowest BCUT2D eigenvalue weighted by Gasteiger charge is -2.45. The molecule has 7 heteroatoms. The normalized spacial score (nSPS) is 26.0. The molecule has 0 amide bonds. The van der Waals surface area contributed by atoms with Gasteiger partial charge in [-0.1, -0.05) is 31.2 Å². The van der Waals surface area contributed by atoms with Crippen LogP contribution in [0.15, 0.2) is 52.2 Å². The number of hydrogen-bond acceptors (Lipinski definition) is 7. The molecule has 0 radical (unpaired) electrons. The Morgan fingerprint density at radius 1 is 1.24 bits per heavy atom. The van der Waals surface area contributed by atoms with Gasteiger partial charge in [0.15, 0.2) is 0 Å². The van der Waals surface area contributed by atoms with Crippen molar-refractivity contribution in [2.75, 3.05) is 46.4 Å². The molecule has 1 N–H and O–H groups in total. The van der Waals surface area contributed by atoms with E-state index in [9.17, 15) is 9.90 Å². The quantitative estimate of drug-likeness (QED) is 0.669. The average Bonchev–Trinajstić information content (AvgIpc) is 3.23. The first-order valence-electron chi connectivity index (χ1n) is 12.2. The van der Waals surface area contributed by atoms with E-state index >= 15 is 0 Å². The fourth-order valence-electron chi connectivity index (χ4n) is 5.97. The number of nitrogens with zero attached hydrogens (tertiary/aromatic N) is 3. The Kier molecular flexibility index (Phi) is 6.32. The summed E-state index contributed by atoms with van der Waals surface area (Å²) in [5, 5.41) is 13.5. The van der Waals surface area contributed by atoms with E-state index < -0.39 is 11.9 Å². The Morgan fingerprint density at radius 2 is 1.97 bits per heavy atom. The van der Waals surface area contributed by atoms with Crippen molar-refractivity contribution in [3.05, 3.63) is 57.7 Å². The van der Waals surface area contributed by atoms with E-state index in [4.69, 9.17) is 9.47 Å². The molecule has 0 bridgehead atoms. The van der Waals surface area contributed by atoms with E-state index in [0.29, 0.717) is 17.1 Å². The molecular weight excluding hydrogens is 430 g/mol. The van der Waals surface area contributed by atoms with Gasteiger partial charge < -0.3 is 19.5 Å². The smallest absolute Gasteiger partial charge is 0.337 e. The SMILES string of the molecule is CCN1CCN(C(C2=CC=NCC2)C2C(O)=c3ccccc3=C3OC(C)=C(C(=O)OC)C32)CC1. The summed E-state index contributed by atoms with van der Waals surface area (Å²) in [7, 11) is 1.40. The van der Waals surface area contributed by atoms with E-state index in [0.717, 1.165) is 61.9 Å². The van der Waals surface area contributed by atoms with Gasteiger partial charge in [0.05, 0.1) is 24.5 Å². The van der Waals surface area contributed by atoms with Crippen molar-refractivity contribution in [1.29, 1.82) is 0 Å². The summed E-state index contributed by atoms with van der Waals surface area (Å²) in [6.07, 6.45) is 4.80. The molecule has 0 aromatic heterocycles. The number of carbonyl (C=O) groups is 1. The Balaban J connectivity index is 1.69. The van der Waals surface area contributed by atoms with E-state index in [2.05, 4.69) is 27.8 Å². The highest BCUT2D eigenvalue weighted by atomic mass is 16.5. The largest absolute Gasteiger partial charge is 0.511 e. The first kappa shape index (κ1) is 22.9. The molecule has 3 atom stereocenters. The number of methoxy groups -OCH3 is 1. The van der Waals surface area contributed by atoms with Gasteiger partial charge in [0, 0.05) is 55.4 Å². The zero-order valence-electron chi connectivity index (χ0n) is 20.2. The van der Waals surface area contributed by atoms with Crippen LogP contribution in [0.2, 0.25) is 0 Å². The summed E-state index contributed by atoms with van der Waals surface area (Å²) in [6, 6.07) is 7.70. The van der Waals surface area contributed by atoms with Gasteiger partial charge >= 0.3 is 5.97 Å². The summed E-state index contributed by atoms with van der Waals surface area (Å²) >= 11 is 0. The second kappa shape index (κ2) is 9.39. The van der Waals surface area contributed by atoms with Gasteiger partial charge in [-0.2, -0.15) is 0 Å². The van der Waals surface area contributed by atoms with Crippen LogP contribution in [0.5, 0.6) is 0 Å². The molecule has 180 valence electrons. The van der Waals surface area contributed by atoms with Crippen molar-refractivity contribution in [3.8, 4) is 0 Å². The molecule has 7 nitrogen and oxygen atoms in total. The minimum absolute atomic E-state index is 0.0757. The molecule has 1 saturated heterocycles. The highest BCUT2D eigenvalue weighted by Crippen LogP contribution is 2.47. The molecular formula is C27H33N3O4. The molecule has 0 spiro atoms. The van der Waals surface area contributed by atoms with Crippen molar-refractivity contribution < 1.29 is 19.4 Å². The molecule has 1 aromatic carbocycles. The van der Waals surface area contributed by atoms with E-state index in [1.165, 1.54) is 12.7 Å². The molecule has 1 fully saturated rings. The summed E-state index contributed by atoms with van der Waals surface area (Å²) in [5.74, 6) is 0.436. The number of carbonyl (C=O) groups excluding carboxylic acids is 1. The predicted octanol–water partition coefficient (Wildman–Crippen LogP) is 1.59. The number of allylic oxidation sites excluding steroid dienone is 2. The first-order chi connectivity index (χ1) is 16.5.